The zero-order chi connectivity index (χ0) is 12.8. The molecule has 1 fully saturated rings. The Morgan fingerprint density at radius 2 is 1.89 bits per heavy atom. The van der Waals surface area contributed by atoms with E-state index in [2.05, 4.69) is 47.6 Å². The number of ether oxygens (including phenoxy) is 1. The maximum Gasteiger partial charge on any atom is 0.0536 e. The summed E-state index contributed by atoms with van der Waals surface area (Å²) in [6, 6.07) is 10.6. The summed E-state index contributed by atoms with van der Waals surface area (Å²) in [5, 5.41) is 3.44. The van der Waals surface area contributed by atoms with Crippen LogP contribution in [0.1, 0.15) is 12.8 Å². The molecule has 0 bridgehead atoms. The first-order valence-electron chi connectivity index (χ1n) is 6.72. The molecule has 0 saturated carbocycles. The second-order valence-electron chi connectivity index (χ2n) is 5.37. The molecule has 1 aliphatic heterocycles. The first-order chi connectivity index (χ1) is 8.76. The van der Waals surface area contributed by atoms with E-state index in [1.165, 1.54) is 18.5 Å². The molecule has 0 radical (unpaired) electrons. The first-order valence-corrected chi connectivity index (χ1v) is 6.72. The molecule has 0 spiro atoms. The number of rotatable bonds is 5. The van der Waals surface area contributed by atoms with Gasteiger partial charge in [0.1, 0.15) is 0 Å². The van der Waals surface area contributed by atoms with E-state index in [4.69, 9.17) is 4.74 Å². The number of hydrogen-bond donors (Lipinski definition) is 1. The largest absolute Gasteiger partial charge is 0.384 e. The van der Waals surface area contributed by atoms with Crippen LogP contribution in [0, 0.1) is 5.41 Å². The van der Waals surface area contributed by atoms with Crippen LogP contribution in [0.3, 0.4) is 0 Å². The third kappa shape index (κ3) is 3.24. The van der Waals surface area contributed by atoms with E-state index in [-0.39, 0.29) is 0 Å². The van der Waals surface area contributed by atoms with Gasteiger partial charge in [0, 0.05) is 31.8 Å². The van der Waals surface area contributed by atoms with Gasteiger partial charge in [-0.2, -0.15) is 0 Å². The Morgan fingerprint density at radius 3 is 2.50 bits per heavy atom. The molecule has 0 atom stereocenters. The van der Waals surface area contributed by atoms with Gasteiger partial charge >= 0.3 is 0 Å². The maximum absolute atomic E-state index is 5.47. The van der Waals surface area contributed by atoms with Crippen LogP contribution in [-0.2, 0) is 4.74 Å². The summed E-state index contributed by atoms with van der Waals surface area (Å²) in [6.45, 7) is 4.12. The quantitative estimate of drug-likeness (QED) is 0.864. The molecule has 0 unspecified atom stereocenters. The van der Waals surface area contributed by atoms with Gasteiger partial charge in [0.05, 0.1) is 6.61 Å². The van der Waals surface area contributed by atoms with E-state index in [0.29, 0.717) is 5.41 Å². The lowest BCUT2D eigenvalue weighted by molar-refractivity contribution is 0.0596. The van der Waals surface area contributed by atoms with Crippen LogP contribution in [-0.4, -0.2) is 40.4 Å². The van der Waals surface area contributed by atoms with Crippen LogP contribution in [0.2, 0.25) is 0 Å². The third-order valence-corrected chi connectivity index (χ3v) is 3.88. The lowest BCUT2D eigenvalue weighted by atomic mass is 9.79. The average Bonchev–Trinajstić information content (AvgIpc) is 2.41. The molecule has 1 aliphatic rings. The van der Waals surface area contributed by atoms with Crippen molar-refractivity contribution in [2.24, 2.45) is 5.41 Å². The van der Waals surface area contributed by atoms with Crippen LogP contribution < -0.4 is 10.2 Å². The molecule has 3 nitrogen and oxygen atoms in total. The normalized spacial score (nSPS) is 18.6. The molecule has 1 aromatic rings. The Kier molecular flexibility index (Phi) is 4.61. The summed E-state index contributed by atoms with van der Waals surface area (Å²) in [5.41, 5.74) is 1.58. The molecular weight excluding hydrogens is 224 g/mol. The van der Waals surface area contributed by atoms with Crippen molar-refractivity contribution < 1.29 is 4.74 Å². The topological polar surface area (TPSA) is 24.5 Å². The smallest absolute Gasteiger partial charge is 0.0536 e. The Labute approximate surface area is 110 Å². The molecule has 1 heterocycles. The van der Waals surface area contributed by atoms with E-state index in [1.807, 2.05) is 7.11 Å². The van der Waals surface area contributed by atoms with Gasteiger partial charge in [-0.05, 0) is 38.1 Å². The number of hydrogen-bond acceptors (Lipinski definition) is 3. The van der Waals surface area contributed by atoms with Crippen LogP contribution in [0.15, 0.2) is 30.3 Å². The number of para-hydroxylation sites is 1. The molecule has 18 heavy (non-hydrogen) atoms. The van der Waals surface area contributed by atoms with Gasteiger partial charge in [0.25, 0.3) is 0 Å². The van der Waals surface area contributed by atoms with Crippen molar-refractivity contribution in [3.05, 3.63) is 30.3 Å². The number of methoxy groups -OCH3 is 1. The lowest BCUT2D eigenvalue weighted by Gasteiger charge is -2.40. The molecule has 1 aromatic carbocycles. The van der Waals surface area contributed by atoms with Crippen molar-refractivity contribution >= 4 is 5.69 Å². The van der Waals surface area contributed by atoms with Crippen molar-refractivity contribution in [2.75, 3.05) is 45.3 Å². The van der Waals surface area contributed by atoms with Gasteiger partial charge in [-0.3, -0.25) is 0 Å². The summed E-state index contributed by atoms with van der Waals surface area (Å²) in [6.07, 6.45) is 2.38. The van der Waals surface area contributed by atoms with Gasteiger partial charge in [0.2, 0.25) is 0 Å². The highest BCUT2D eigenvalue weighted by atomic mass is 16.5. The summed E-state index contributed by atoms with van der Waals surface area (Å²) in [7, 11) is 3.99. The second kappa shape index (κ2) is 6.21. The lowest BCUT2D eigenvalue weighted by Crippen LogP contribution is -2.46. The predicted molar refractivity (Wildman–Crippen MR) is 76.1 cm³/mol. The Hall–Kier alpha value is -1.06. The van der Waals surface area contributed by atoms with Gasteiger partial charge in [-0.25, -0.2) is 0 Å². The monoisotopic (exact) mass is 248 g/mol. The third-order valence-electron chi connectivity index (χ3n) is 3.88. The molecule has 0 amide bonds. The first kappa shape index (κ1) is 13.4. The molecule has 0 aliphatic carbocycles. The van der Waals surface area contributed by atoms with Crippen molar-refractivity contribution in [1.82, 2.24) is 5.32 Å². The van der Waals surface area contributed by atoms with Crippen LogP contribution in [0.4, 0.5) is 5.69 Å². The summed E-state index contributed by atoms with van der Waals surface area (Å²) in [4.78, 5) is 2.35. The zero-order valence-electron chi connectivity index (χ0n) is 11.5. The highest BCUT2D eigenvalue weighted by Crippen LogP contribution is 2.31. The van der Waals surface area contributed by atoms with Gasteiger partial charge in [0.15, 0.2) is 0 Å². The fourth-order valence-electron chi connectivity index (χ4n) is 2.89. The minimum atomic E-state index is 0.296. The Morgan fingerprint density at radius 1 is 1.22 bits per heavy atom. The van der Waals surface area contributed by atoms with E-state index < -0.39 is 0 Å². The van der Waals surface area contributed by atoms with Crippen LogP contribution in [0.5, 0.6) is 0 Å². The minimum absolute atomic E-state index is 0.296. The van der Waals surface area contributed by atoms with Crippen LogP contribution in [0.25, 0.3) is 0 Å². The number of nitrogens with zero attached hydrogens (tertiary/aromatic N) is 1. The fourth-order valence-corrected chi connectivity index (χ4v) is 2.89. The van der Waals surface area contributed by atoms with E-state index >= 15 is 0 Å². The number of anilines is 1. The van der Waals surface area contributed by atoms with E-state index in [9.17, 15) is 0 Å². The molecule has 1 N–H and O–H groups in total. The summed E-state index contributed by atoms with van der Waals surface area (Å²) < 4.78 is 5.47. The zero-order valence-corrected chi connectivity index (χ0v) is 11.5. The highest BCUT2D eigenvalue weighted by molar-refractivity contribution is 5.45. The number of benzene rings is 1. The van der Waals surface area contributed by atoms with Crippen molar-refractivity contribution in [3.8, 4) is 0 Å². The van der Waals surface area contributed by atoms with Crippen LogP contribution >= 0.6 is 0 Å². The maximum atomic E-state index is 5.47. The van der Waals surface area contributed by atoms with E-state index in [1.54, 1.807) is 0 Å². The molecule has 3 heteroatoms. The number of piperidine rings is 1. The van der Waals surface area contributed by atoms with Crippen molar-refractivity contribution in [1.29, 1.82) is 0 Å². The Bertz CT molecular complexity index is 341. The summed E-state index contributed by atoms with van der Waals surface area (Å²) in [5.74, 6) is 0. The molecule has 0 aromatic heterocycles. The SMILES string of the molecule is COCC1(CN(C)c2ccccc2)CCNCC1. The second-order valence-corrected chi connectivity index (χ2v) is 5.37. The van der Waals surface area contributed by atoms with Crippen molar-refractivity contribution in [3.63, 3.8) is 0 Å². The molecule has 2 rings (SSSR count). The summed E-state index contributed by atoms with van der Waals surface area (Å²) >= 11 is 0. The van der Waals surface area contributed by atoms with Crippen molar-refractivity contribution in [2.45, 2.75) is 12.8 Å². The van der Waals surface area contributed by atoms with Gasteiger partial charge in [-0.1, -0.05) is 18.2 Å². The van der Waals surface area contributed by atoms with Gasteiger partial charge in [-0.15, -0.1) is 0 Å². The highest BCUT2D eigenvalue weighted by Gasteiger charge is 2.33. The van der Waals surface area contributed by atoms with Gasteiger partial charge < -0.3 is 15.0 Å². The molecule has 1 saturated heterocycles. The standard InChI is InChI=1S/C15H24N2O/c1-17(14-6-4-3-5-7-14)12-15(13-18-2)8-10-16-11-9-15/h3-7,16H,8-13H2,1-2H3. The molecular formula is C15H24N2O. The van der Waals surface area contributed by atoms with E-state index in [0.717, 1.165) is 26.2 Å². The number of nitrogens with one attached hydrogen (secondary N) is 1. The minimum Gasteiger partial charge on any atom is -0.384 e. The fraction of sp³-hybridized carbons (Fsp3) is 0.600. The molecule has 100 valence electrons. The average molecular weight is 248 g/mol. The Balaban J connectivity index is 2.04. The predicted octanol–water partition coefficient (Wildman–Crippen LogP) is 2.14.